The van der Waals surface area contributed by atoms with E-state index in [2.05, 4.69) is 15.3 Å². The average molecular weight is 424 g/mol. The second-order valence-electron chi connectivity index (χ2n) is 7.45. The third kappa shape index (κ3) is 3.54. The van der Waals surface area contributed by atoms with Crippen molar-refractivity contribution < 1.29 is 14.3 Å². The SMILES string of the molecule is COc1ccc(C(=O)c2ccccc2-c2nccc(-c3cc4c([nH]3)CCNC4=O)n2)cc1. The van der Waals surface area contributed by atoms with Gasteiger partial charge in [-0.05, 0) is 36.4 Å². The number of hydrogen-bond donors (Lipinski definition) is 2. The van der Waals surface area contributed by atoms with Crippen molar-refractivity contribution in [1.29, 1.82) is 0 Å². The average Bonchev–Trinajstić information content (AvgIpc) is 3.30. The number of benzene rings is 2. The van der Waals surface area contributed by atoms with Crippen LogP contribution in [0.4, 0.5) is 0 Å². The van der Waals surface area contributed by atoms with Gasteiger partial charge in [0.05, 0.1) is 24.1 Å². The Bertz CT molecular complexity index is 1330. The van der Waals surface area contributed by atoms with Gasteiger partial charge in [-0.25, -0.2) is 9.97 Å². The van der Waals surface area contributed by atoms with E-state index in [1.807, 2.05) is 24.3 Å². The Hall–Kier alpha value is -4.26. The molecule has 32 heavy (non-hydrogen) atoms. The second-order valence-corrected chi connectivity index (χ2v) is 7.45. The number of nitrogens with zero attached hydrogens (tertiary/aromatic N) is 2. The Labute approximate surface area is 184 Å². The van der Waals surface area contributed by atoms with Crippen LogP contribution in [0.1, 0.15) is 32.0 Å². The van der Waals surface area contributed by atoms with Crippen LogP contribution in [0, 0.1) is 0 Å². The number of ether oxygens (including phenoxy) is 1. The number of methoxy groups -OCH3 is 1. The summed E-state index contributed by atoms with van der Waals surface area (Å²) < 4.78 is 5.18. The summed E-state index contributed by atoms with van der Waals surface area (Å²) in [5.41, 5.74) is 4.65. The molecule has 2 aromatic heterocycles. The van der Waals surface area contributed by atoms with Crippen LogP contribution in [0.15, 0.2) is 66.9 Å². The summed E-state index contributed by atoms with van der Waals surface area (Å²) in [7, 11) is 1.59. The maximum Gasteiger partial charge on any atom is 0.253 e. The third-order valence-electron chi connectivity index (χ3n) is 5.50. The number of rotatable bonds is 5. The number of fused-ring (bicyclic) bond motifs is 1. The first-order valence-electron chi connectivity index (χ1n) is 10.3. The van der Waals surface area contributed by atoms with Gasteiger partial charge < -0.3 is 15.0 Å². The summed E-state index contributed by atoms with van der Waals surface area (Å²) in [5.74, 6) is 0.924. The van der Waals surface area contributed by atoms with E-state index >= 15 is 0 Å². The van der Waals surface area contributed by atoms with Gasteiger partial charge in [0, 0.05) is 41.5 Å². The Morgan fingerprint density at radius 3 is 2.62 bits per heavy atom. The van der Waals surface area contributed by atoms with Crippen LogP contribution in [-0.4, -0.2) is 40.3 Å². The summed E-state index contributed by atoms with van der Waals surface area (Å²) in [6.07, 6.45) is 2.41. The van der Waals surface area contributed by atoms with Crippen LogP contribution in [0.2, 0.25) is 0 Å². The molecule has 0 atom stereocenters. The minimum absolute atomic E-state index is 0.0848. The van der Waals surface area contributed by atoms with E-state index in [1.165, 1.54) is 0 Å². The topological polar surface area (TPSA) is 97.0 Å². The van der Waals surface area contributed by atoms with Crippen molar-refractivity contribution in [3.63, 3.8) is 0 Å². The van der Waals surface area contributed by atoms with E-state index < -0.39 is 0 Å². The number of H-pyrrole nitrogens is 1. The molecule has 2 aromatic carbocycles. The highest BCUT2D eigenvalue weighted by atomic mass is 16.5. The molecule has 7 heteroatoms. The van der Waals surface area contributed by atoms with Gasteiger partial charge in [0.1, 0.15) is 5.75 Å². The molecule has 2 N–H and O–H groups in total. The fraction of sp³-hybridized carbons (Fsp3) is 0.120. The van der Waals surface area contributed by atoms with Crippen molar-refractivity contribution in [2.45, 2.75) is 6.42 Å². The van der Waals surface area contributed by atoms with E-state index in [4.69, 9.17) is 9.72 Å². The first-order chi connectivity index (χ1) is 15.6. The van der Waals surface area contributed by atoms with E-state index in [9.17, 15) is 9.59 Å². The fourth-order valence-electron chi connectivity index (χ4n) is 3.84. The van der Waals surface area contributed by atoms with Gasteiger partial charge in [-0.15, -0.1) is 0 Å². The zero-order chi connectivity index (χ0) is 22.1. The fourth-order valence-corrected chi connectivity index (χ4v) is 3.84. The number of carbonyl (C=O) groups is 2. The highest BCUT2D eigenvalue weighted by Crippen LogP contribution is 2.27. The standard InChI is InChI=1S/C25H20N4O3/c1-32-16-8-6-15(7-9-16)23(30)17-4-2-3-5-18(17)24-26-12-11-21(29-24)22-14-19-20(28-22)10-13-27-25(19)31/h2-9,11-12,14,28H,10,13H2,1H3,(H,27,31). The van der Waals surface area contributed by atoms with Gasteiger partial charge in [0.2, 0.25) is 0 Å². The van der Waals surface area contributed by atoms with Crippen LogP contribution in [0.25, 0.3) is 22.8 Å². The Balaban J connectivity index is 1.53. The molecule has 1 aliphatic rings. The maximum atomic E-state index is 13.2. The van der Waals surface area contributed by atoms with E-state index in [0.29, 0.717) is 46.1 Å². The molecule has 0 fully saturated rings. The summed E-state index contributed by atoms with van der Waals surface area (Å²) in [6.45, 7) is 0.613. The highest BCUT2D eigenvalue weighted by Gasteiger charge is 2.21. The van der Waals surface area contributed by atoms with Crippen molar-refractivity contribution in [3.8, 4) is 28.5 Å². The van der Waals surface area contributed by atoms with Gasteiger partial charge in [-0.2, -0.15) is 0 Å². The maximum absolute atomic E-state index is 13.2. The third-order valence-corrected chi connectivity index (χ3v) is 5.50. The molecule has 0 saturated carbocycles. The second kappa shape index (κ2) is 8.11. The largest absolute Gasteiger partial charge is 0.497 e. The lowest BCUT2D eigenvalue weighted by molar-refractivity contribution is 0.0945. The van der Waals surface area contributed by atoms with Crippen LogP contribution in [-0.2, 0) is 6.42 Å². The smallest absolute Gasteiger partial charge is 0.253 e. The Morgan fingerprint density at radius 2 is 1.84 bits per heavy atom. The van der Waals surface area contributed by atoms with Gasteiger partial charge in [-0.1, -0.05) is 24.3 Å². The minimum atomic E-state index is -0.121. The predicted molar refractivity (Wildman–Crippen MR) is 120 cm³/mol. The van der Waals surface area contributed by atoms with Crippen LogP contribution in [0.5, 0.6) is 5.75 Å². The quantitative estimate of drug-likeness (QED) is 0.477. The zero-order valence-corrected chi connectivity index (χ0v) is 17.4. The number of aromatic amines is 1. The first-order valence-corrected chi connectivity index (χ1v) is 10.3. The number of carbonyl (C=O) groups excluding carboxylic acids is 2. The molecule has 3 heterocycles. The molecule has 158 valence electrons. The monoisotopic (exact) mass is 424 g/mol. The van der Waals surface area contributed by atoms with Crippen LogP contribution < -0.4 is 10.1 Å². The summed E-state index contributed by atoms with van der Waals surface area (Å²) >= 11 is 0. The molecule has 7 nitrogen and oxygen atoms in total. The van der Waals surface area contributed by atoms with Crippen molar-refractivity contribution in [2.75, 3.05) is 13.7 Å². The summed E-state index contributed by atoms with van der Waals surface area (Å²) in [6, 6.07) is 17.9. The molecule has 0 bridgehead atoms. The molecule has 0 aliphatic carbocycles. The number of nitrogens with one attached hydrogen (secondary N) is 2. The zero-order valence-electron chi connectivity index (χ0n) is 17.4. The van der Waals surface area contributed by atoms with Crippen molar-refractivity contribution >= 4 is 11.7 Å². The normalized spacial score (nSPS) is 12.7. The van der Waals surface area contributed by atoms with Crippen molar-refractivity contribution in [3.05, 3.63) is 89.2 Å². The summed E-state index contributed by atoms with van der Waals surface area (Å²) in [5, 5.41) is 2.85. The molecule has 5 rings (SSSR count). The number of ketones is 1. The Kier molecular flexibility index (Phi) is 4.99. The number of hydrogen-bond acceptors (Lipinski definition) is 5. The number of amides is 1. The van der Waals surface area contributed by atoms with E-state index in [1.54, 1.807) is 49.7 Å². The molecule has 0 spiro atoms. The molecular formula is C25H20N4O3. The molecule has 1 aliphatic heterocycles. The van der Waals surface area contributed by atoms with Gasteiger partial charge in [-0.3, -0.25) is 9.59 Å². The lowest BCUT2D eigenvalue weighted by atomic mass is 9.97. The lowest BCUT2D eigenvalue weighted by Gasteiger charge is -2.11. The highest BCUT2D eigenvalue weighted by molar-refractivity contribution is 6.12. The van der Waals surface area contributed by atoms with Crippen molar-refractivity contribution in [1.82, 2.24) is 20.3 Å². The van der Waals surface area contributed by atoms with Gasteiger partial charge in [0.15, 0.2) is 11.6 Å². The van der Waals surface area contributed by atoms with Crippen molar-refractivity contribution in [2.24, 2.45) is 0 Å². The molecule has 1 amide bonds. The van der Waals surface area contributed by atoms with Crippen LogP contribution >= 0.6 is 0 Å². The minimum Gasteiger partial charge on any atom is -0.497 e. The van der Waals surface area contributed by atoms with Gasteiger partial charge >= 0.3 is 0 Å². The molecular weight excluding hydrogens is 404 g/mol. The first kappa shape index (κ1) is 19.7. The number of aromatic nitrogens is 3. The van der Waals surface area contributed by atoms with E-state index in [0.717, 1.165) is 17.8 Å². The molecule has 0 unspecified atom stereocenters. The molecule has 0 radical (unpaired) electrons. The van der Waals surface area contributed by atoms with Crippen LogP contribution in [0.3, 0.4) is 0 Å². The van der Waals surface area contributed by atoms with E-state index in [-0.39, 0.29) is 11.7 Å². The molecule has 0 saturated heterocycles. The van der Waals surface area contributed by atoms with Gasteiger partial charge in [0.25, 0.3) is 5.91 Å². The lowest BCUT2D eigenvalue weighted by Crippen LogP contribution is -2.31. The Morgan fingerprint density at radius 1 is 1.03 bits per heavy atom. The predicted octanol–water partition coefficient (Wildman–Crippen LogP) is 3.66. The summed E-state index contributed by atoms with van der Waals surface area (Å²) in [4.78, 5) is 37.7. The molecule has 4 aromatic rings.